The molecule has 18 heavy (non-hydrogen) atoms. The predicted octanol–water partition coefficient (Wildman–Crippen LogP) is 3.84. The molecule has 0 saturated carbocycles. The minimum atomic E-state index is 1.08. The van der Waals surface area contributed by atoms with Crippen LogP contribution in [0.5, 0.6) is 0 Å². The molecule has 1 aliphatic heterocycles. The van der Waals surface area contributed by atoms with Gasteiger partial charge in [-0.15, -0.1) is 0 Å². The summed E-state index contributed by atoms with van der Waals surface area (Å²) in [4.78, 5) is 2.47. The van der Waals surface area contributed by atoms with Crippen molar-refractivity contribution in [2.45, 2.75) is 26.2 Å². The molecule has 1 fully saturated rings. The van der Waals surface area contributed by atoms with Crippen molar-refractivity contribution in [3.8, 4) is 0 Å². The lowest BCUT2D eigenvalue weighted by Gasteiger charge is -2.18. The minimum absolute atomic E-state index is 1.08. The molecule has 0 atom stereocenters. The molecule has 1 aliphatic rings. The number of nitrogens with one attached hydrogen (secondary N) is 1. The lowest BCUT2D eigenvalue weighted by molar-refractivity contribution is 0.949. The minimum Gasteiger partial charge on any atom is -0.385 e. The molecule has 1 aromatic rings. The van der Waals surface area contributed by atoms with Crippen LogP contribution in [-0.4, -0.2) is 31.1 Å². The molecular formula is C15H24N2S. The summed E-state index contributed by atoms with van der Waals surface area (Å²) in [6, 6.07) is 8.91. The van der Waals surface area contributed by atoms with Crippen molar-refractivity contribution in [2.75, 3.05) is 41.4 Å². The lowest BCUT2D eigenvalue weighted by atomic mass is 10.2. The molecule has 100 valence electrons. The largest absolute Gasteiger partial charge is 0.385 e. The summed E-state index contributed by atoms with van der Waals surface area (Å²) in [6.45, 7) is 5.74. The molecule has 0 bridgehead atoms. The van der Waals surface area contributed by atoms with Crippen LogP contribution in [0.2, 0.25) is 0 Å². The summed E-state index contributed by atoms with van der Waals surface area (Å²) in [5.41, 5.74) is 2.62. The smallest absolute Gasteiger partial charge is 0.0367 e. The third-order valence-electron chi connectivity index (χ3n) is 3.34. The fourth-order valence-electron chi connectivity index (χ4n) is 2.32. The Balaban J connectivity index is 1.73. The summed E-state index contributed by atoms with van der Waals surface area (Å²) in [6.07, 6.45) is 3.93. The van der Waals surface area contributed by atoms with E-state index >= 15 is 0 Å². The van der Waals surface area contributed by atoms with Crippen LogP contribution in [0.3, 0.4) is 0 Å². The van der Waals surface area contributed by atoms with Crippen LogP contribution in [0, 0.1) is 0 Å². The molecule has 0 unspecified atom stereocenters. The third kappa shape index (κ3) is 4.13. The summed E-state index contributed by atoms with van der Waals surface area (Å²) in [5.74, 6) is 2.49. The van der Waals surface area contributed by atoms with Crippen molar-refractivity contribution in [3.05, 3.63) is 24.3 Å². The zero-order valence-corrected chi connectivity index (χ0v) is 12.1. The zero-order chi connectivity index (χ0) is 12.6. The van der Waals surface area contributed by atoms with Crippen LogP contribution >= 0.6 is 11.8 Å². The maximum Gasteiger partial charge on any atom is 0.0367 e. The van der Waals surface area contributed by atoms with Gasteiger partial charge in [-0.1, -0.05) is 6.92 Å². The number of hydrogen-bond donors (Lipinski definition) is 1. The Morgan fingerprint density at radius 2 is 1.89 bits per heavy atom. The molecular weight excluding hydrogens is 240 g/mol. The Kier molecular flexibility index (Phi) is 5.72. The maximum atomic E-state index is 3.49. The molecule has 2 rings (SSSR count). The quantitative estimate of drug-likeness (QED) is 0.753. The van der Waals surface area contributed by atoms with E-state index in [1.807, 2.05) is 11.8 Å². The summed E-state index contributed by atoms with van der Waals surface area (Å²) >= 11 is 2.02. The summed E-state index contributed by atoms with van der Waals surface area (Å²) in [7, 11) is 0. The fourth-order valence-corrected chi connectivity index (χ4v) is 2.95. The van der Waals surface area contributed by atoms with E-state index in [2.05, 4.69) is 41.4 Å². The van der Waals surface area contributed by atoms with E-state index in [1.54, 1.807) is 0 Å². The number of hydrogen-bond acceptors (Lipinski definition) is 3. The Labute approximate surface area is 115 Å². The molecule has 1 heterocycles. The maximum absolute atomic E-state index is 3.49. The van der Waals surface area contributed by atoms with Crippen LogP contribution in [-0.2, 0) is 0 Å². The number of thioether (sulfide) groups is 1. The molecule has 0 aromatic heterocycles. The molecule has 0 radical (unpaired) electrons. The first-order chi connectivity index (χ1) is 8.90. The highest BCUT2D eigenvalue weighted by atomic mass is 32.2. The van der Waals surface area contributed by atoms with E-state index in [0.29, 0.717) is 0 Å². The predicted molar refractivity (Wildman–Crippen MR) is 84.0 cm³/mol. The van der Waals surface area contributed by atoms with Gasteiger partial charge >= 0.3 is 0 Å². The number of rotatable bonds is 7. The Morgan fingerprint density at radius 3 is 2.56 bits per heavy atom. The van der Waals surface area contributed by atoms with Crippen LogP contribution in [0.1, 0.15) is 26.2 Å². The van der Waals surface area contributed by atoms with Gasteiger partial charge in [0, 0.05) is 31.0 Å². The lowest BCUT2D eigenvalue weighted by Crippen LogP contribution is -2.17. The van der Waals surface area contributed by atoms with E-state index in [-0.39, 0.29) is 0 Å². The molecule has 0 aliphatic carbocycles. The Bertz CT molecular complexity index is 331. The van der Waals surface area contributed by atoms with Crippen molar-refractivity contribution < 1.29 is 0 Å². The fraction of sp³-hybridized carbons (Fsp3) is 0.600. The average Bonchev–Trinajstić information content (AvgIpc) is 2.93. The number of anilines is 2. The van der Waals surface area contributed by atoms with Crippen molar-refractivity contribution >= 4 is 23.1 Å². The van der Waals surface area contributed by atoms with Crippen molar-refractivity contribution in [3.63, 3.8) is 0 Å². The van der Waals surface area contributed by atoms with Gasteiger partial charge in [0.05, 0.1) is 0 Å². The molecule has 0 amide bonds. The van der Waals surface area contributed by atoms with E-state index in [9.17, 15) is 0 Å². The van der Waals surface area contributed by atoms with Crippen LogP contribution in [0.4, 0.5) is 11.4 Å². The van der Waals surface area contributed by atoms with Crippen LogP contribution in [0.25, 0.3) is 0 Å². The van der Waals surface area contributed by atoms with Gasteiger partial charge < -0.3 is 10.2 Å². The van der Waals surface area contributed by atoms with E-state index in [0.717, 1.165) is 6.54 Å². The van der Waals surface area contributed by atoms with E-state index in [4.69, 9.17) is 0 Å². The molecule has 1 N–H and O–H groups in total. The second kappa shape index (κ2) is 7.57. The highest BCUT2D eigenvalue weighted by Crippen LogP contribution is 2.21. The first kappa shape index (κ1) is 13.6. The van der Waals surface area contributed by atoms with Gasteiger partial charge in [0.15, 0.2) is 0 Å². The Hall–Kier alpha value is -0.830. The van der Waals surface area contributed by atoms with E-state index < -0.39 is 0 Å². The standard InChI is InChI=1S/C15H24N2S/c1-2-18-13-5-10-16-14-6-8-15(9-7-14)17-11-3-4-12-17/h6-9,16H,2-5,10-13H2,1H3. The number of nitrogens with zero attached hydrogens (tertiary/aromatic N) is 1. The average molecular weight is 264 g/mol. The van der Waals surface area contributed by atoms with Gasteiger partial charge in [-0.05, 0) is 55.0 Å². The van der Waals surface area contributed by atoms with Gasteiger partial charge in [-0.2, -0.15) is 11.8 Å². The highest BCUT2D eigenvalue weighted by molar-refractivity contribution is 7.99. The Morgan fingerprint density at radius 1 is 1.17 bits per heavy atom. The first-order valence-corrected chi connectivity index (χ1v) is 8.22. The summed E-state index contributed by atoms with van der Waals surface area (Å²) in [5, 5.41) is 3.49. The normalized spacial score (nSPS) is 15.1. The molecule has 3 heteroatoms. The van der Waals surface area contributed by atoms with Gasteiger partial charge in [0.25, 0.3) is 0 Å². The summed E-state index contributed by atoms with van der Waals surface area (Å²) < 4.78 is 0. The monoisotopic (exact) mass is 264 g/mol. The molecule has 0 spiro atoms. The van der Waals surface area contributed by atoms with Gasteiger partial charge in [0.2, 0.25) is 0 Å². The highest BCUT2D eigenvalue weighted by Gasteiger charge is 2.11. The third-order valence-corrected chi connectivity index (χ3v) is 4.32. The number of benzene rings is 1. The van der Waals surface area contributed by atoms with Crippen LogP contribution in [0.15, 0.2) is 24.3 Å². The van der Waals surface area contributed by atoms with Gasteiger partial charge in [0.1, 0.15) is 0 Å². The second-order valence-electron chi connectivity index (χ2n) is 4.72. The molecule has 1 aromatic carbocycles. The second-order valence-corrected chi connectivity index (χ2v) is 6.11. The molecule has 2 nitrogen and oxygen atoms in total. The van der Waals surface area contributed by atoms with Crippen molar-refractivity contribution in [1.82, 2.24) is 0 Å². The van der Waals surface area contributed by atoms with E-state index in [1.165, 1.54) is 55.2 Å². The van der Waals surface area contributed by atoms with Gasteiger partial charge in [-0.25, -0.2) is 0 Å². The van der Waals surface area contributed by atoms with Crippen LogP contribution < -0.4 is 10.2 Å². The first-order valence-electron chi connectivity index (χ1n) is 7.07. The molecule has 1 saturated heterocycles. The van der Waals surface area contributed by atoms with Gasteiger partial charge in [-0.3, -0.25) is 0 Å². The topological polar surface area (TPSA) is 15.3 Å². The van der Waals surface area contributed by atoms with Crippen molar-refractivity contribution in [2.24, 2.45) is 0 Å². The van der Waals surface area contributed by atoms with Crippen molar-refractivity contribution in [1.29, 1.82) is 0 Å². The SMILES string of the molecule is CCSCCCNc1ccc(N2CCCC2)cc1. The zero-order valence-electron chi connectivity index (χ0n) is 11.3.